The fourth-order valence-corrected chi connectivity index (χ4v) is 19.8. The van der Waals surface area contributed by atoms with Crippen molar-refractivity contribution in [3.63, 3.8) is 0 Å². The van der Waals surface area contributed by atoms with Crippen LogP contribution >= 0.6 is 0 Å². The molecule has 4 bridgehead atoms. The van der Waals surface area contributed by atoms with Gasteiger partial charge in [0, 0.05) is 5.41 Å². The van der Waals surface area contributed by atoms with Gasteiger partial charge < -0.3 is 47.4 Å². The van der Waals surface area contributed by atoms with Gasteiger partial charge in [0.25, 0.3) is 0 Å². The minimum absolute atomic E-state index is 0.0154. The van der Waals surface area contributed by atoms with Crippen molar-refractivity contribution in [2.24, 2.45) is 40.9 Å². The van der Waals surface area contributed by atoms with Crippen LogP contribution in [0, 0.1) is 40.9 Å². The Kier molecular flexibility index (Phi) is 38.9. The molecule has 7 saturated carbocycles. The van der Waals surface area contributed by atoms with Gasteiger partial charge in [-0.15, -0.1) is 0 Å². The van der Waals surface area contributed by atoms with Crippen LogP contribution in [0.1, 0.15) is 361 Å². The predicted octanol–water partition coefficient (Wildman–Crippen LogP) is 28.2. The molecule has 7 fully saturated rings. The maximum Gasteiger partial charge on any atom is 0.344 e. The zero-order valence-corrected chi connectivity index (χ0v) is 80.4. The van der Waals surface area contributed by atoms with Gasteiger partial charge in [-0.1, -0.05) is 224 Å². The Morgan fingerprint density at radius 2 is 0.603 bits per heavy atom. The van der Waals surface area contributed by atoms with E-state index in [2.05, 4.69) is 138 Å². The Hall–Kier alpha value is -8.85. The third-order valence-corrected chi connectivity index (χ3v) is 28.9. The molecule has 0 aliphatic heterocycles. The molecule has 0 saturated heterocycles. The Morgan fingerprint density at radius 1 is 0.310 bits per heavy atom. The third kappa shape index (κ3) is 30.7. The van der Waals surface area contributed by atoms with E-state index in [1.54, 1.807) is 0 Å². The van der Waals surface area contributed by atoms with Crippen LogP contribution in [0.2, 0.25) is 0 Å². The predicted molar refractivity (Wildman–Crippen MR) is 508 cm³/mol. The van der Waals surface area contributed by atoms with Crippen LogP contribution in [0.4, 0.5) is 0 Å². The first-order valence-electron chi connectivity index (χ1n) is 48.3. The minimum Gasteiger partial charge on any atom is -0.482 e. The molecule has 0 spiro atoms. The molecule has 7 aliphatic rings. The number of rotatable bonds is 35. The van der Waals surface area contributed by atoms with Gasteiger partial charge >= 0.3 is 29.8 Å². The SMILES string of the molecule is CCC(C)c1ccc(OCC(=O)OC(C)(C)C23CC4CC(CC(C4)C2)C3)cc1.CCC(C)c1ccc(OCC(=O)OC(C)(C)C2CCCC2)cc1.CCC(C)c1ccc(OCC(=O)OC(C)c2ccccc2)cc1.CCC(C)c1ccc2cc(OCC(=O)OC(C)(C)C3CCCCC3)ccc2c1.CCC(C)c1cccc(OCC(=O)OC(C)(C)C2CCCCC2)c1. The van der Waals surface area contributed by atoms with Crippen LogP contribution < -0.4 is 23.7 Å². The summed E-state index contributed by atoms with van der Waals surface area (Å²) in [4.78, 5) is 61.1. The van der Waals surface area contributed by atoms with Gasteiger partial charge in [-0.25, -0.2) is 24.0 Å². The molecular weight excluding hydrogens is 1570 g/mol. The summed E-state index contributed by atoms with van der Waals surface area (Å²) in [6.45, 7) is 40.1. The lowest BCUT2D eigenvalue weighted by Crippen LogP contribution is -2.57. The highest BCUT2D eigenvalue weighted by Gasteiger charge is 2.59. The number of fused-ring (bicyclic) bond motifs is 1. The first-order valence-corrected chi connectivity index (χ1v) is 48.3. The van der Waals surface area contributed by atoms with Crippen LogP contribution in [0.5, 0.6) is 28.7 Å². The van der Waals surface area contributed by atoms with E-state index in [1.165, 1.54) is 123 Å². The van der Waals surface area contributed by atoms with Gasteiger partial charge in [0.1, 0.15) is 57.3 Å². The molecule has 14 rings (SSSR count). The fraction of sp³-hybridized carbons (Fsp3) is 0.595. The summed E-state index contributed by atoms with van der Waals surface area (Å²) in [6.07, 6.45) is 30.1. The molecule has 15 nitrogen and oxygen atoms in total. The molecule has 6 unspecified atom stereocenters. The van der Waals surface area contributed by atoms with Crippen LogP contribution in [0.25, 0.3) is 10.8 Å². The third-order valence-electron chi connectivity index (χ3n) is 28.9. The standard InChI is InChI=1S/C25H36O3.C25H34O3.C21H32O3.C20H30O3.C20H24O3/c1-5-17(2)21-6-8-22(9-7-21)27-16-23(26)28-24(3,4)25-13-18-10-19(14-25)12-20(11-18)15-25;1-5-18(2)19-11-12-21-16-23(14-13-20(21)15-19)27-17-24(26)28-25(3,4)22-9-7-6-8-10-22;1-5-16(2)17-10-9-13-19(14-17)23-15-20(22)24-21(3,4)18-11-7-6-8-12-18;1-5-15(2)16-10-12-18(13-11-16)22-14-19(21)23-20(3,4)17-8-6-7-9-17;1-4-15(2)17-10-12-19(13-11-17)22-14-20(21)23-16(3)18-8-6-5-7-9-18/h6-9,17-20H,5,10-16H2,1-4H3;11-16,18,22H,5-10,17H2,1-4H3;9-10,13-14,16,18H,5-8,11-12,15H2,1-4H3;10-13,15,17H,5-9,14H2,1-4H3;5-13,15-16H,4,14H2,1-3H3. The van der Waals surface area contributed by atoms with Gasteiger partial charge in [-0.05, 0) is 341 Å². The van der Waals surface area contributed by atoms with E-state index in [4.69, 9.17) is 47.4 Å². The molecule has 0 N–H and O–H groups in total. The second-order valence-electron chi connectivity index (χ2n) is 39.6. The summed E-state index contributed by atoms with van der Waals surface area (Å²) in [5.41, 5.74) is 6.00. The number of ether oxygens (including phenoxy) is 10. The largest absolute Gasteiger partial charge is 0.482 e. The van der Waals surface area contributed by atoms with Crippen molar-refractivity contribution in [1.29, 1.82) is 0 Å². The quantitative estimate of drug-likeness (QED) is 0.0270. The normalized spacial score (nSPS) is 19.7. The number of hydrogen-bond donors (Lipinski definition) is 0. The number of benzene rings is 7. The molecule has 7 aromatic carbocycles. The lowest BCUT2D eigenvalue weighted by Gasteiger charge is -2.61. The van der Waals surface area contributed by atoms with E-state index >= 15 is 0 Å². The Labute approximate surface area is 757 Å². The van der Waals surface area contributed by atoms with Gasteiger partial charge in [0.05, 0.1) is 0 Å². The molecule has 0 aromatic heterocycles. The van der Waals surface area contributed by atoms with Gasteiger partial charge in [-0.2, -0.15) is 0 Å². The highest BCUT2D eigenvalue weighted by Crippen LogP contribution is 2.64. The highest BCUT2D eigenvalue weighted by atomic mass is 16.6. The average Bonchev–Trinajstić information content (AvgIpc) is 0.780. The van der Waals surface area contributed by atoms with Crippen molar-refractivity contribution in [3.8, 4) is 28.7 Å². The molecule has 126 heavy (non-hydrogen) atoms. The Balaban J connectivity index is 0.000000179. The maximum atomic E-state index is 12.6. The van der Waals surface area contributed by atoms with E-state index in [1.807, 2.05) is 158 Å². The number of carbonyl (C=O) groups excluding carboxylic acids is 5. The van der Waals surface area contributed by atoms with E-state index < -0.39 is 22.4 Å². The zero-order chi connectivity index (χ0) is 91.2. The molecule has 690 valence electrons. The zero-order valence-electron chi connectivity index (χ0n) is 80.4. The smallest absolute Gasteiger partial charge is 0.344 e. The van der Waals surface area contributed by atoms with E-state index in [0.29, 0.717) is 64.6 Å². The molecule has 7 aliphatic carbocycles. The summed E-state index contributed by atoms with van der Waals surface area (Å²) in [6, 6.07) is 54.2. The summed E-state index contributed by atoms with van der Waals surface area (Å²) >= 11 is 0. The Morgan fingerprint density at radius 3 is 0.984 bits per heavy atom. The first-order chi connectivity index (χ1) is 60.1. The van der Waals surface area contributed by atoms with Gasteiger partial charge in [-0.3, -0.25) is 0 Å². The van der Waals surface area contributed by atoms with Crippen molar-refractivity contribution in [2.75, 3.05) is 33.0 Å². The molecule has 0 radical (unpaired) electrons. The second-order valence-corrected chi connectivity index (χ2v) is 39.6. The van der Waals surface area contributed by atoms with Gasteiger partial charge in [0.15, 0.2) is 33.0 Å². The molecular formula is C111H156O15. The van der Waals surface area contributed by atoms with Crippen molar-refractivity contribution >= 4 is 40.6 Å². The highest BCUT2D eigenvalue weighted by molar-refractivity contribution is 5.85. The first kappa shape index (κ1) is 101. The van der Waals surface area contributed by atoms with E-state index in [-0.39, 0.29) is 74.4 Å². The average molecular weight is 1730 g/mol. The fourth-order valence-electron chi connectivity index (χ4n) is 19.8. The molecule has 6 atom stereocenters. The summed E-state index contributed by atoms with van der Waals surface area (Å²) in [5, 5.41) is 2.33. The Bertz CT molecular complexity index is 4410. The van der Waals surface area contributed by atoms with Crippen molar-refractivity contribution < 1.29 is 71.3 Å². The van der Waals surface area contributed by atoms with Crippen LogP contribution in [-0.4, -0.2) is 85.3 Å². The minimum atomic E-state index is -0.420. The lowest BCUT2D eigenvalue weighted by atomic mass is 9.46. The molecule has 0 amide bonds. The summed E-state index contributed by atoms with van der Waals surface area (Å²) < 4.78 is 56.8. The summed E-state index contributed by atoms with van der Waals surface area (Å²) in [7, 11) is 0. The monoisotopic (exact) mass is 1730 g/mol. The molecule has 15 heteroatoms. The lowest BCUT2D eigenvalue weighted by molar-refractivity contribution is -0.200. The second kappa shape index (κ2) is 48.5. The van der Waals surface area contributed by atoms with Crippen LogP contribution in [0.3, 0.4) is 0 Å². The van der Waals surface area contributed by atoms with E-state index in [0.717, 1.165) is 111 Å². The number of hydrogen-bond acceptors (Lipinski definition) is 15. The topological polar surface area (TPSA) is 178 Å². The van der Waals surface area contributed by atoms with Crippen LogP contribution in [-0.2, 0) is 47.7 Å². The van der Waals surface area contributed by atoms with E-state index in [9.17, 15) is 24.0 Å². The van der Waals surface area contributed by atoms with Crippen LogP contribution in [0.15, 0.2) is 164 Å². The van der Waals surface area contributed by atoms with Crippen molar-refractivity contribution in [1.82, 2.24) is 0 Å². The maximum absolute atomic E-state index is 12.6. The van der Waals surface area contributed by atoms with Crippen molar-refractivity contribution in [2.45, 2.75) is 350 Å². The summed E-state index contributed by atoms with van der Waals surface area (Å²) in [5.74, 6) is 8.71. The van der Waals surface area contributed by atoms with Crippen molar-refractivity contribution in [3.05, 3.63) is 197 Å². The molecule has 0 heterocycles. The van der Waals surface area contributed by atoms with Gasteiger partial charge in [0.2, 0.25) is 0 Å². The molecule has 7 aromatic rings. The number of esters is 5. The number of carbonyl (C=O) groups is 5.